The first-order chi connectivity index (χ1) is 12.5. The number of quaternary nitrogens is 2. The highest BCUT2D eigenvalue weighted by Crippen LogP contribution is 2.39. The largest absolute Gasteiger partial charge is 0.490 e. The summed E-state index contributed by atoms with van der Waals surface area (Å²) in [5.41, 5.74) is 1.18. The summed E-state index contributed by atoms with van der Waals surface area (Å²) in [5.74, 6) is 1.46. The Labute approximate surface area is 156 Å². The van der Waals surface area contributed by atoms with Crippen LogP contribution in [0.3, 0.4) is 0 Å². The van der Waals surface area contributed by atoms with Crippen molar-refractivity contribution in [3.63, 3.8) is 0 Å². The van der Waals surface area contributed by atoms with E-state index in [1.165, 1.54) is 18.4 Å². The number of hydrogen-bond acceptors (Lipinski definition) is 2. The summed E-state index contributed by atoms with van der Waals surface area (Å²) in [6.07, 6.45) is 5.64. The Morgan fingerprint density at radius 2 is 1.85 bits per heavy atom. The Hall–Kier alpha value is -1.65. The van der Waals surface area contributed by atoms with Crippen LogP contribution in [0.1, 0.15) is 44.8 Å². The lowest BCUT2D eigenvalue weighted by Gasteiger charge is -2.59. The average molecular weight is 357 g/mol. The number of carbonyl (C=O) groups is 1. The molecule has 4 bridgehead atoms. The third kappa shape index (κ3) is 2.71. The lowest BCUT2D eigenvalue weighted by atomic mass is 9.59. The predicted molar refractivity (Wildman–Crippen MR) is 101 cm³/mol. The monoisotopic (exact) mass is 356 g/mol. The summed E-state index contributed by atoms with van der Waals surface area (Å²) in [6.45, 7) is 12.7. The van der Waals surface area contributed by atoms with Crippen LogP contribution in [0.2, 0.25) is 0 Å². The maximum atomic E-state index is 13.3. The zero-order valence-electron chi connectivity index (χ0n) is 16.1. The van der Waals surface area contributed by atoms with Crippen LogP contribution in [0.15, 0.2) is 36.9 Å². The van der Waals surface area contributed by atoms with Crippen LogP contribution in [0, 0.1) is 10.8 Å². The first-order valence-electron chi connectivity index (χ1n) is 10.1. The Morgan fingerprint density at radius 1 is 1.19 bits per heavy atom. The van der Waals surface area contributed by atoms with Crippen LogP contribution in [-0.2, 0) is 4.79 Å². The highest BCUT2D eigenvalue weighted by molar-refractivity contribution is 5.91. The number of unbranched alkanes of at least 4 members (excludes halogenated alkanes) is 1. The van der Waals surface area contributed by atoms with Gasteiger partial charge in [0, 0.05) is 0 Å². The van der Waals surface area contributed by atoms with Crippen molar-refractivity contribution in [3.8, 4) is 5.75 Å². The molecule has 1 aromatic carbocycles. The molecule has 0 aromatic heterocycles. The summed E-state index contributed by atoms with van der Waals surface area (Å²) < 4.78 is 5.63. The summed E-state index contributed by atoms with van der Waals surface area (Å²) in [4.78, 5) is 16.5. The van der Waals surface area contributed by atoms with Crippen molar-refractivity contribution >= 4 is 5.78 Å². The molecule has 4 fully saturated rings. The van der Waals surface area contributed by atoms with E-state index in [-0.39, 0.29) is 10.8 Å². The molecule has 4 nitrogen and oxygen atoms in total. The van der Waals surface area contributed by atoms with Crippen molar-refractivity contribution < 1.29 is 19.3 Å². The van der Waals surface area contributed by atoms with Gasteiger partial charge >= 0.3 is 0 Å². The van der Waals surface area contributed by atoms with Gasteiger partial charge in [-0.3, -0.25) is 14.6 Å². The van der Waals surface area contributed by atoms with Gasteiger partial charge in [-0.15, -0.1) is 0 Å². The van der Waals surface area contributed by atoms with Crippen molar-refractivity contribution in [1.82, 2.24) is 0 Å². The number of nitrogens with one attached hydrogen (secondary N) is 2. The number of ether oxygens (including phenoxy) is 1. The van der Waals surface area contributed by atoms with Gasteiger partial charge < -0.3 is 4.74 Å². The molecule has 0 radical (unpaired) electrons. The smallest absolute Gasteiger partial charge is 0.240 e. The Morgan fingerprint density at radius 3 is 2.42 bits per heavy atom. The molecule has 0 amide bonds. The Bertz CT molecular complexity index is 681. The topological polar surface area (TPSA) is 35.2 Å². The van der Waals surface area contributed by atoms with Gasteiger partial charge in [0.15, 0.2) is 5.78 Å². The maximum absolute atomic E-state index is 13.3. The summed E-state index contributed by atoms with van der Waals surface area (Å²) in [6, 6.07) is 8.58. The third-order valence-corrected chi connectivity index (χ3v) is 6.80. The van der Waals surface area contributed by atoms with Crippen molar-refractivity contribution in [1.29, 1.82) is 0 Å². The second kappa shape index (κ2) is 6.50. The SMILES string of the molecule is C=CCOc1ccc(C2[NH+]3CC4(C)C[NH+]2CC(CCCC)(C3)C4=O)cc1. The molecule has 4 saturated heterocycles. The zero-order valence-corrected chi connectivity index (χ0v) is 16.1. The molecule has 0 saturated carbocycles. The lowest BCUT2D eigenvalue weighted by molar-refractivity contribution is -1.18. The average Bonchev–Trinajstić information content (AvgIpc) is 2.63. The molecule has 1 aromatic rings. The fraction of sp³-hybridized carbons (Fsp3) is 0.591. The van der Waals surface area contributed by atoms with Crippen LogP contribution < -0.4 is 14.5 Å². The number of benzene rings is 1. The predicted octanol–water partition coefficient (Wildman–Crippen LogP) is 0.813. The zero-order chi connectivity index (χ0) is 18.4. The summed E-state index contributed by atoms with van der Waals surface area (Å²) in [5, 5.41) is 0. The normalized spacial score (nSPS) is 37.8. The standard InChI is InChI=1S/C22H30N2O2/c1-4-6-11-22-15-23-13-21(3,20(22)25)14-24(16-22)19(23)17-7-9-18(10-8-17)26-12-5-2/h5,7-10,19H,2,4,6,11-16H2,1,3H3/p+2. The van der Waals surface area contributed by atoms with Crippen LogP contribution in [0.5, 0.6) is 5.75 Å². The molecule has 0 spiro atoms. The van der Waals surface area contributed by atoms with Gasteiger partial charge in [0.25, 0.3) is 0 Å². The molecular weight excluding hydrogens is 324 g/mol. The highest BCUT2D eigenvalue weighted by Gasteiger charge is 2.69. The number of carbonyl (C=O) groups excluding carboxylic acids is 1. The van der Waals surface area contributed by atoms with Crippen LogP contribution in [0.25, 0.3) is 0 Å². The van der Waals surface area contributed by atoms with E-state index >= 15 is 0 Å². The number of ketones is 1. The lowest BCUT2D eigenvalue weighted by Crippen LogP contribution is -3.41. The molecule has 2 unspecified atom stereocenters. The quantitative estimate of drug-likeness (QED) is 0.710. The van der Waals surface area contributed by atoms with Crippen molar-refractivity contribution in [2.24, 2.45) is 10.8 Å². The van der Waals surface area contributed by atoms with E-state index in [2.05, 4.69) is 44.7 Å². The minimum atomic E-state index is -0.127. The number of Topliss-reactive ketones (excluding diaryl/α,β-unsaturated/α-hetero) is 1. The van der Waals surface area contributed by atoms with E-state index in [9.17, 15) is 4.79 Å². The molecule has 2 atom stereocenters. The highest BCUT2D eigenvalue weighted by atomic mass is 16.5. The van der Waals surface area contributed by atoms with Gasteiger partial charge in [0.05, 0.1) is 18.7 Å². The van der Waals surface area contributed by atoms with Crippen LogP contribution in [0.4, 0.5) is 0 Å². The molecule has 4 aliphatic rings. The van der Waals surface area contributed by atoms with Gasteiger partial charge in [0.1, 0.15) is 36.3 Å². The van der Waals surface area contributed by atoms with E-state index in [1.54, 1.807) is 15.9 Å². The van der Waals surface area contributed by atoms with E-state index in [0.29, 0.717) is 18.6 Å². The molecule has 26 heavy (non-hydrogen) atoms. The van der Waals surface area contributed by atoms with E-state index in [1.807, 2.05) is 0 Å². The fourth-order valence-corrected chi connectivity index (χ4v) is 5.97. The molecular formula is C22H32N2O2+2. The van der Waals surface area contributed by atoms with Crippen LogP contribution >= 0.6 is 0 Å². The van der Waals surface area contributed by atoms with Crippen molar-refractivity contribution in [2.45, 2.75) is 39.3 Å². The molecule has 4 aliphatic heterocycles. The summed E-state index contributed by atoms with van der Waals surface area (Å²) in [7, 11) is 0. The number of rotatable bonds is 7. The third-order valence-electron chi connectivity index (χ3n) is 6.80. The van der Waals surface area contributed by atoms with Crippen LogP contribution in [-0.4, -0.2) is 38.6 Å². The molecule has 4 heterocycles. The number of piperidine rings is 2. The number of hydrogen-bond donors (Lipinski definition) is 2. The van der Waals surface area contributed by atoms with Gasteiger partial charge in [-0.2, -0.15) is 0 Å². The molecule has 0 aliphatic carbocycles. The first kappa shape index (κ1) is 17.7. The van der Waals surface area contributed by atoms with Crippen molar-refractivity contribution in [2.75, 3.05) is 32.8 Å². The summed E-state index contributed by atoms with van der Waals surface area (Å²) >= 11 is 0. The van der Waals surface area contributed by atoms with Crippen molar-refractivity contribution in [3.05, 3.63) is 42.5 Å². The van der Waals surface area contributed by atoms with Gasteiger partial charge in [0.2, 0.25) is 6.17 Å². The van der Waals surface area contributed by atoms with Gasteiger partial charge in [-0.1, -0.05) is 32.4 Å². The Balaban J connectivity index is 1.58. The Kier molecular flexibility index (Phi) is 4.44. The maximum Gasteiger partial charge on any atom is 0.240 e. The molecule has 5 rings (SSSR count). The van der Waals surface area contributed by atoms with E-state index < -0.39 is 0 Å². The molecule has 140 valence electrons. The fourth-order valence-electron chi connectivity index (χ4n) is 5.97. The van der Waals surface area contributed by atoms with E-state index in [4.69, 9.17) is 4.74 Å². The second-order valence-corrected chi connectivity index (χ2v) is 8.90. The second-order valence-electron chi connectivity index (χ2n) is 8.90. The molecule has 4 heteroatoms. The van der Waals surface area contributed by atoms with Gasteiger partial charge in [-0.25, -0.2) is 0 Å². The first-order valence-corrected chi connectivity index (χ1v) is 10.1. The minimum absolute atomic E-state index is 0.0740. The molecule has 2 N–H and O–H groups in total. The van der Waals surface area contributed by atoms with Gasteiger partial charge in [-0.05, 0) is 37.6 Å². The van der Waals surface area contributed by atoms with E-state index in [0.717, 1.165) is 38.3 Å². The minimum Gasteiger partial charge on any atom is -0.490 e.